The van der Waals surface area contributed by atoms with E-state index in [0.29, 0.717) is 17.4 Å². The van der Waals surface area contributed by atoms with Gasteiger partial charge in [-0.3, -0.25) is 0 Å². The molecule has 0 amide bonds. The Kier molecular flexibility index (Phi) is 3.66. The molecule has 6 heteroatoms. The molecule has 94 valence electrons. The zero-order chi connectivity index (χ0) is 13.1. The Morgan fingerprint density at radius 2 is 2.11 bits per heavy atom. The fraction of sp³-hybridized carbons (Fsp3) is 0.167. The normalized spacial score (nSPS) is 10.2. The van der Waals surface area contributed by atoms with Crippen molar-refractivity contribution >= 4 is 33.1 Å². The number of nitrogens with two attached hydrogens (primary N) is 1. The van der Waals surface area contributed by atoms with Gasteiger partial charge in [0.1, 0.15) is 12.0 Å². The van der Waals surface area contributed by atoms with E-state index in [4.69, 9.17) is 10.5 Å². The van der Waals surface area contributed by atoms with Gasteiger partial charge in [-0.15, -0.1) is 0 Å². The summed E-state index contributed by atoms with van der Waals surface area (Å²) in [6.07, 6.45) is 1.40. The van der Waals surface area contributed by atoms with Gasteiger partial charge in [-0.1, -0.05) is 22.0 Å². The van der Waals surface area contributed by atoms with E-state index in [2.05, 4.69) is 31.2 Å². The third-order valence-corrected chi connectivity index (χ3v) is 3.33. The van der Waals surface area contributed by atoms with Crippen LogP contribution in [0, 0.1) is 6.92 Å². The Morgan fingerprint density at radius 3 is 2.78 bits per heavy atom. The van der Waals surface area contributed by atoms with Crippen molar-refractivity contribution in [3.8, 4) is 5.88 Å². The van der Waals surface area contributed by atoms with Gasteiger partial charge >= 0.3 is 0 Å². The van der Waals surface area contributed by atoms with Crippen molar-refractivity contribution in [1.29, 1.82) is 0 Å². The maximum atomic E-state index is 5.89. The molecule has 0 bridgehead atoms. The van der Waals surface area contributed by atoms with Crippen molar-refractivity contribution in [2.24, 2.45) is 0 Å². The Balaban J connectivity index is 2.31. The van der Waals surface area contributed by atoms with Crippen LogP contribution in [-0.2, 0) is 0 Å². The second-order valence-corrected chi connectivity index (χ2v) is 4.59. The molecular formula is C12H13BrN4O. The molecule has 2 rings (SSSR count). The third-order valence-electron chi connectivity index (χ3n) is 2.48. The zero-order valence-corrected chi connectivity index (χ0v) is 11.7. The minimum atomic E-state index is 0.360. The van der Waals surface area contributed by atoms with Crippen molar-refractivity contribution in [3.63, 3.8) is 0 Å². The Bertz CT molecular complexity index is 574. The molecule has 0 saturated carbocycles. The summed E-state index contributed by atoms with van der Waals surface area (Å²) >= 11 is 3.48. The second kappa shape index (κ2) is 5.22. The van der Waals surface area contributed by atoms with Gasteiger partial charge in [0, 0.05) is 10.2 Å². The average molecular weight is 309 g/mol. The molecule has 0 saturated heterocycles. The molecule has 0 fully saturated rings. The summed E-state index contributed by atoms with van der Waals surface area (Å²) in [5.41, 5.74) is 8.32. The summed E-state index contributed by atoms with van der Waals surface area (Å²) in [7, 11) is 1.52. The number of nitrogens with zero attached hydrogens (tertiary/aromatic N) is 2. The first kappa shape index (κ1) is 12.6. The van der Waals surface area contributed by atoms with Crippen molar-refractivity contribution in [2.45, 2.75) is 6.92 Å². The lowest BCUT2D eigenvalue weighted by Gasteiger charge is -2.10. The molecule has 1 aromatic carbocycles. The summed E-state index contributed by atoms with van der Waals surface area (Å²) in [6, 6.07) is 5.92. The van der Waals surface area contributed by atoms with E-state index in [1.54, 1.807) is 0 Å². The van der Waals surface area contributed by atoms with Crippen LogP contribution in [0.2, 0.25) is 0 Å². The lowest BCUT2D eigenvalue weighted by molar-refractivity contribution is 0.399. The number of nitrogen functional groups attached to an aromatic ring is 1. The van der Waals surface area contributed by atoms with E-state index in [-0.39, 0.29) is 0 Å². The SMILES string of the molecule is COc1ncnc(Nc2ccc(C)c(Br)c2)c1N. The fourth-order valence-corrected chi connectivity index (χ4v) is 1.83. The molecule has 0 aliphatic heterocycles. The number of anilines is 3. The van der Waals surface area contributed by atoms with E-state index in [0.717, 1.165) is 15.7 Å². The highest BCUT2D eigenvalue weighted by molar-refractivity contribution is 9.10. The maximum absolute atomic E-state index is 5.89. The molecule has 1 aromatic heterocycles. The molecule has 0 radical (unpaired) electrons. The lowest BCUT2D eigenvalue weighted by atomic mass is 10.2. The molecule has 2 aromatic rings. The number of ether oxygens (including phenoxy) is 1. The monoisotopic (exact) mass is 308 g/mol. The minimum absolute atomic E-state index is 0.360. The predicted molar refractivity (Wildman–Crippen MR) is 75.2 cm³/mol. The summed E-state index contributed by atoms with van der Waals surface area (Å²) in [5.74, 6) is 0.885. The molecule has 0 atom stereocenters. The standard InChI is InChI=1S/C12H13BrN4O/c1-7-3-4-8(5-9(7)13)17-11-10(14)12(18-2)16-6-15-11/h3-6H,14H2,1-2H3,(H,15,16,17). The van der Waals surface area contributed by atoms with Crippen LogP contribution in [0.5, 0.6) is 5.88 Å². The van der Waals surface area contributed by atoms with E-state index in [1.807, 2.05) is 25.1 Å². The smallest absolute Gasteiger partial charge is 0.242 e. The molecule has 5 nitrogen and oxygen atoms in total. The van der Waals surface area contributed by atoms with Gasteiger partial charge in [0.05, 0.1) is 7.11 Å². The van der Waals surface area contributed by atoms with Crippen LogP contribution in [0.15, 0.2) is 29.0 Å². The summed E-state index contributed by atoms with van der Waals surface area (Å²) in [6.45, 7) is 2.02. The van der Waals surface area contributed by atoms with E-state index >= 15 is 0 Å². The van der Waals surface area contributed by atoms with Gasteiger partial charge in [-0.2, -0.15) is 4.98 Å². The topological polar surface area (TPSA) is 73.1 Å². The quantitative estimate of drug-likeness (QED) is 0.912. The Morgan fingerprint density at radius 1 is 1.33 bits per heavy atom. The zero-order valence-electron chi connectivity index (χ0n) is 10.1. The first-order valence-corrected chi connectivity index (χ1v) is 6.08. The number of hydrogen-bond acceptors (Lipinski definition) is 5. The number of nitrogens with one attached hydrogen (secondary N) is 1. The molecular weight excluding hydrogens is 296 g/mol. The Labute approximate surface area is 114 Å². The summed E-state index contributed by atoms with van der Waals surface area (Å²) in [5, 5.41) is 3.13. The third kappa shape index (κ3) is 2.53. The van der Waals surface area contributed by atoms with Crippen LogP contribution in [0.4, 0.5) is 17.2 Å². The lowest BCUT2D eigenvalue weighted by Crippen LogP contribution is -2.03. The summed E-state index contributed by atoms with van der Waals surface area (Å²) < 4.78 is 6.06. The van der Waals surface area contributed by atoms with E-state index in [9.17, 15) is 0 Å². The fourth-order valence-electron chi connectivity index (χ4n) is 1.45. The number of methoxy groups -OCH3 is 1. The first-order valence-electron chi connectivity index (χ1n) is 5.29. The van der Waals surface area contributed by atoms with Crippen LogP contribution in [-0.4, -0.2) is 17.1 Å². The van der Waals surface area contributed by atoms with Crippen molar-refractivity contribution in [3.05, 3.63) is 34.6 Å². The van der Waals surface area contributed by atoms with Crippen LogP contribution in [0.3, 0.4) is 0 Å². The Hall–Kier alpha value is -1.82. The number of aryl methyl sites for hydroxylation is 1. The number of aromatic nitrogens is 2. The van der Waals surface area contributed by atoms with Crippen molar-refractivity contribution in [2.75, 3.05) is 18.2 Å². The molecule has 0 aliphatic carbocycles. The van der Waals surface area contributed by atoms with Crippen molar-refractivity contribution < 1.29 is 4.74 Å². The van der Waals surface area contributed by atoms with E-state index < -0.39 is 0 Å². The maximum Gasteiger partial charge on any atom is 0.242 e. The largest absolute Gasteiger partial charge is 0.479 e. The van der Waals surface area contributed by atoms with Gasteiger partial charge < -0.3 is 15.8 Å². The van der Waals surface area contributed by atoms with E-state index in [1.165, 1.54) is 13.4 Å². The first-order chi connectivity index (χ1) is 8.61. The van der Waals surface area contributed by atoms with Crippen LogP contribution in [0.1, 0.15) is 5.56 Å². The number of benzene rings is 1. The molecule has 0 aliphatic rings. The second-order valence-electron chi connectivity index (χ2n) is 3.73. The summed E-state index contributed by atoms with van der Waals surface area (Å²) in [4.78, 5) is 8.01. The highest BCUT2D eigenvalue weighted by Crippen LogP contribution is 2.28. The van der Waals surface area contributed by atoms with Crippen LogP contribution in [0.25, 0.3) is 0 Å². The average Bonchev–Trinajstić information content (AvgIpc) is 2.36. The molecule has 3 N–H and O–H groups in total. The number of rotatable bonds is 3. The van der Waals surface area contributed by atoms with Crippen LogP contribution < -0.4 is 15.8 Å². The molecule has 0 spiro atoms. The number of halogens is 1. The predicted octanol–water partition coefficient (Wildman–Crippen LogP) is 2.88. The molecule has 0 unspecified atom stereocenters. The molecule has 1 heterocycles. The van der Waals surface area contributed by atoms with Gasteiger partial charge in [-0.05, 0) is 24.6 Å². The molecule has 18 heavy (non-hydrogen) atoms. The van der Waals surface area contributed by atoms with Gasteiger partial charge in [0.25, 0.3) is 0 Å². The highest BCUT2D eigenvalue weighted by Gasteiger charge is 2.08. The minimum Gasteiger partial charge on any atom is -0.479 e. The van der Waals surface area contributed by atoms with Gasteiger partial charge in [-0.25, -0.2) is 4.98 Å². The number of hydrogen-bond donors (Lipinski definition) is 2. The highest BCUT2D eigenvalue weighted by atomic mass is 79.9. The van der Waals surface area contributed by atoms with Crippen LogP contribution >= 0.6 is 15.9 Å². The van der Waals surface area contributed by atoms with Gasteiger partial charge in [0.15, 0.2) is 5.82 Å². The van der Waals surface area contributed by atoms with Gasteiger partial charge in [0.2, 0.25) is 5.88 Å². The van der Waals surface area contributed by atoms with Crippen molar-refractivity contribution in [1.82, 2.24) is 9.97 Å².